The van der Waals surface area contributed by atoms with Crippen LogP contribution >= 0.6 is 0 Å². The van der Waals surface area contributed by atoms with E-state index < -0.39 is 6.09 Å². The normalized spacial score (nSPS) is 25.9. The Morgan fingerprint density at radius 3 is 2.25 bits per heavy atom. The van der Waals surface area contributed by atoms with Gasteiger partial charge in [0.05, 0.1) is 0 Å². The Labute approximate surface area is 93.8 Å². The summed E-state index contributed by atoms with van der Waals surface area (Å²) < 4.78 is 5.32. The van der Waals surface area contributed by atoms with Crippen molar-refractivity contribution in [1.82, 2.24) is 9.80 Å². The highest BCUT2D eigenvalue weighted by Gasteiger charge is 2.31. The maximum Gasteiger partial charge on any atom is 0.407 e. The molecule has 2 amide bonds. The maximum absolute atomic E-state index is 11.9. The Kier molecular flexibility index (Phi) is 3.28. The highest BCUT2D eigenvalue weighted by molar-refractivity contribution is 5.81. The second-order valence-electron chi connectivity index (χ2n) is 4.10. The molecule has 0 aromatic heterocycles. The highest BCUT2D eigenvalue weighted by Crippen LogP contribution is 2.15. The third-order valence-electron chi connectivity index (χ3n) is 3.07. The first-order valence-corrected chi connectivity index (χ1v) is 5.57. The number of hydrogen-bond donors (Lipinski definition) is 1. The molecule has 0 spiro atoms. The lowest BCUT2D eigenvalue weighted by atomic mass is 10.2. The Balaban J connectivity index is 1.84. The van der Waals surface area contributed by atoms with Crippen molar-refractivity contribution in [3.63, 3.8) is 0 Å². The molecule has 2 fully saturated rings. The van der Waals surface area contributed by atoms with Crippen molar-refractivity contribution in [3.05, 3.63) is 0 Å². The molecular weight excluding hydrogens is 212 g/mol. The molecular formula is C10H16N2O4. The summed E-state index contributed by atoms with van der Waals surface area (Å²) >= 11 is 0. The van der Waals surface area contributed by atoms with Gasteiger partial charge in [-0.15, -0.1) is 0 Å². The topological polar surface area (TPSA) is 70.1 Å². The van der Waals surface area contributed by atoms with Crippen molar-refractivity contribution in [1.29, 1.82) is 0 Å². The zero-order valence-electron chi connectivity index (χ0n) is 9.09. The molecule has 6 heteroatoms. The van der Waals surface area contributed by atoms with E-state index in [-0.39, 0.29) is 12.0 Å². The lowest BCUT2D eigenvalue weighted by Crippen LogP contribution is -2.52. The third-order valence-corrected chi connectivity index (χ3v) is 3.07. The quantitative estimate of drug-likeness (QED) is 0.685. The number of carbonyl (C=O) groups is 2. The van der Waals surface area contributed by atoms with Crippen molar-refractivity contribution >= 4 is 12.0 Å². The lowest BCUT2D eigenvalue weighted by Gasteiger charge is -2.34. The van der Waals surface area contributed by atoms with Gasteiger partial charge in [-0.1, -0.05) is 0 Å². The molecule has 0 aromatic carbocycles. The molecule has 0 radical (unpaired) electrons. The molecule has 90 valence electrons. The summed E-state index contributed by atoms with van der Waals surface area (Å²) in [6, 6.07) is 0. The van der Waals surface area contributed by atoms with Gasteiger partial charge in [0.1, 0.15) is 6.10 Å². The van der Waals surface area contributed by atoms with Crippen LogP contribution in [0.15, 0.2) is 0 Å². The van der Waals surface area contributed by atoms with E-state index in [2.05, 4.69) is 0 Å². The SMILES string of the molecule is O=C(O)N1CCN(C(=O)C2CCCO2)CC1. The molecule has 2 rings (SSSR count). The van der Waals surface area contributed by atoms with E-state index in [9.17, 15) is 9.59 Å². The number of carbonyl (C=O) groups excluding carboxylic acids is 1. The van der Waals surface area contributed by atoms with E-state index in [1.54, 1.807) is 4.90 Å². The predicted molar refractivity (Wildman–Crippen MR) is 55.2 cm³/mol. The summed E-state index contributed by atoms with van der Waals surface area (Å²) in [7, 11) is 0. The summed E-state index contributed by atoms with van der Waals surface area (Å²) in [6.45, 7) is 2.41. The van der Waals surface area contributed by atoms with Crippen molar-refractivity contribution in [3.8, 4) is 0 Å². The van der Waals surface area contributed by atoms with Crippen molar-refractivity contribution in [2.24, 2.45) is 0 Å². The first kappa shape index (κ1) is 11.2. The fraction of sp³-hybridized carbons (Fsp3) is 0.800. The molecule has 2 aliphatic rings. The van der Waals surface area contributed by atoms with Crippen LogP contribution in [0.2, 0.25) is 0 Å². The average molecular weight is 228 g/mol. The molecule has 2 aliphatic heterocycles. The molecule has 0 saturated carbocycles. The van der Waals surface area contributed by atoms with Crippen LogP contribution in [0.25, 0.3) is 0 Å². The fourth-order valence-corrected chi connectivity index (χ4v) is 2.09. The molecule has 0 aromatic rings. The first-order valence-electron chi connectivity index (χ1n) is 5.57. The van der Waals surface area contributed by atoms with Crippen LogP contribution in [0.3, 0.4) is 0 Å². The Morgan fingerprint density at radius 1 is 1.12 bits per heavy atom. The van der Waals surface area contributed by atoms with Crippen LogP contribution in [0, 0.1) is 0 Å². The summed E-state index contributed by atoms with van der Waals surface area (Å²) in [4.78, 5) is 25.6. The van der Waals surface area contributed by atoms with Crippen molar-refractivity contribution in [2.45, 2.75) is 18.9 Å². The minimum absolute atomic E-state index is 0.0162. The van der Waals surface area contributed by atoms with E-state index in [1.165, 1.54) is 4.90 Å². The number of carboxylic acid groups (broad SMARTS) is 1. The number of rotatable bonds is 1. The van der Waals surface area contributed by atoms with Crippen LogP contribution in [-0.4, -0.2) is 65.8 Å². The van der Waals surface area contributed by atoms with Gasteiger partial charge in [0.25, 0.3) is 5.91 Å². The van der Waals surface area contributed by atoms with Crippen LogP contribution in [-0.2, 0) is 9.53 Å². The Morgan fingerprint density at radius 2 is 1.75 bits per heavy atom. The highest BCUT2D eigenvalue weighted by atomic mass is 16.5. The zero-order chi connectivity index (χ0) is 11.5. The number of ether oxygens (including phenoxy) is 1. The Hall–Kier alpha value is -1.30. The molecule has 6 nitrogen and oxygen atoms in total. The maximum atomic E-state index is 11.9. The summed E-state index contributed by atoms with van der Waals surface area (Å²) in [5.41, 5.74) is 0. The zero-order valence-corrected chi connectivity index (χ0v) is 9.09. The second-order valence-corrected chi connectivity index (χ2v) is 4.10. The van der Waals surface area contributed by atoms with Gasteiger partial charge in [0.15, 0.2) is 0 Å². The van der Waals surface area contributed by atoms with Crippen LogP contribution in [0.1, 0.15) is 12.8 Å². The first-order chi connectivity index (χ1) is 7.68. The minimum Gasteiger partial charge on any atom is -0.465 e. The van der Waals surface area contributed by atoms with E-state index in [1.807, 2.05) is 0 Å². The molecule has 1 N–H and O–H groups in total. The van der Waals surface area contributed by atoms with E-state index >= 15 is 0 Å². The molecule has 2 heterocycles. The van der Waals surface area contributed by atoms with Crippen molar-refractivity contribution < 1.29 is 19.4 Å². The molecule has 0 bridgehead atoms. The van der Waals surface area contributed by atoms with Gasteiger partial charge in [0.2, 0.25) is 0 Å². The van der Waals surface area contributed by atoms with Gasteiger partial charge in [0, 0.05) is 32.8 Å². The van der Waals surface area contributed by atoms with Crippen LogP contribution in [0.4, 0.5) is 4.79 Å². The van der Waals surface area contributed by atoms with Gasteiger partial charge in [-0.2, -0.15) is 0 Å². The molecule has 1 unspecified atom stereocenters. The fourth-order valence-electron chi connectivity index (χ4n) is 2.09. The van der Waals surface area contributed by atoms with E-state index in [0.717, 1.165) is 12.8 Å². The molecule has 1 atom stereocenters. The minimum atomic E-state index is -0.913. The second kappa shape index (κ2) is 4.69. The number of nitrogens with zero attached hydrogens (tertiary/aromatic N) is 2. The summed E-state index contributed by atoms with van der Waals surface area (Å²) in [5, 5.41) is 8.77. The van der Waals surface area contributed by atoms with Crippen LogP contribution in [0.5, 0.6) is 0 Å². The van der Waals surface area contributed by atoms with E-state index in [0.29, 0.717) is 32.8 Å². The van der Waals surface area contributed by atoms with Gasteiger partial charge >= 0.3 is 6.09 Å². The van der Waals surface area contributed by atoms with E-state index in [4.69, 9.17) is 9.84 Å². The number of piperazine rings is 1. The molecule has 0 aliphatic carbocycles. The predicted octanol–water partition coefficient (Wildman–Crippen LogP) is -0.0124. The average Bonchev–Trinajstić information content (AvgIpc) is 2.81. The van der Waals surface area contributed by atoms with Gasteiger partial charge < -0.3 is 19.6 Å². The number of hydrogen-bond acceptors (Lipinski definition) is 3. The van der Waals surface area contributed by atoms with Crippen LogP contribution < -0.4 is 0 Å². The molecule has 2 saturated heterocycles. The monoisotopic (exact) mass is 228 g/mol. The third kappa shape index (κ3) is 2.27. The lowest BCUT2D eigenvalue weighted by molar-refractivity contribution is -0.142. The number of amides is 2. The summed E-state index contributed by atoms with van der Waals surface area (Å²) in [6.07, 6.45) is 0.518. The Bertz CT molecular complexity index is 281. The van der Waals surface area contributed by atoms with Crippen molar-refractivity contribution in [2.75, 3.05) is 32.8 Å². The standard InChI is InChI=1S/C10H16N2O4/c13-9(8-2-1-7-16-8)11-3-5-12(6-4-11)10(14)15/h8H,1-7H2,(H,14,15). The largest absolute Gasteiger partial charge is 0.465 e. The van der Waals surface area contributed by atoms with Gasteiger partial charge in [-0.3, -0.25) is 4.79 Å². The molecule has 16 heavy (non-hydrogen) atoms. The van der Waals surface area contributed by atoms with Gasteiger partial charge in [-0.25, -0.2) is 4.79 Å². The summed E-state index contributed by atoms with van der Waals surface area (Å²) in [5.74, 6) is 0.0162. The smallest absolute Gasteiger partial charge is 0.407 e. The van der Waals surface area contributed by atoms with Gasteiger partial charge in [-0.05, 0) is 12.8 Å².